The van der Waals surface area contributed by atoms with Gasteiger partial charge in [-0.3, -0.25) is 0 Å². The van der Waals surface area contributed by atoms with Crippen molar-refractivity contribution >= 4 is 11.4 Å². The first-order valence-corrected chi connectivity index (χ1v) is 4.37. The van der Waals surface area contributed by atoms with Gasteiger partial charge in [-0.15, -0.1) is 0 Å². The third kappa shape index (κ3) is 1.78. The van der Waals surface area contributed by atoms with Gasteiger partial charge in [0.15, 0.2) is 6.29 Å². The fourth-order valence-electron chi connectivity index (χ4n) is 1.33. The molecule has 6 heteroatoms. The number of rotatable bonds is 2. The SMILES string of the molecule is CN(c1cccc(N)c1)C1NNNN1. The zero-order valence-electron chi connectivity index (χ0n) is 7.91. The number of hydrazine groups is 3. The molecule has 0 aliphatic carbocycles. The average Bonchev–Trinajstić information content (AvgIpc) is 2.69. The van der Waals surface area contributed by atoms with Crippen LogP contribution in [-0.2, 0) is 0 Å². The average molecular weight is 194 g/mol. The summed E-state index contributed by atoms with van der Waals surface area (Å²) in [6.45, 7) is 0. The number of nitrogens with one attached hydrogen (secondary N) is 4. The van der Waals surface area contributed by atoms with Crippen molar-refractivity contribution in [2.45, 2.75) is 6.29 Å². The van der Waals surface area contributed by atoms with Gasteiger partial charge in [-0.25, -0.2) is 10.9 Å². The lowest BCUT2D eigenvalue weighted by Gasteiger charge is -2.25. The summed E-state index contributed by atoms with van der Waals surface area (Å²) in [7, 11) is 1.97. The monoisotopic (exact) mass is 194 g/mol. The van der Waals surface area contributed by atoms with E-state index in [1.165, 1.54) is 0 Å². The van der Waals surface area contributed by atoms with E-state index in [1.807, 2.05) is 36.2 Å². The van der Waals surface area contributed by atoms with E-state index in [1.54, 1.807) is 0 Å². The van der Waals surface area contributed by atoms with E-state index in [9.17, 15) is 0 Å². The highest BCUT2D eigenvalue weighted by Gasteiger charge is 2.17. The number of nitrogens with two attached hydrogens (primary N) is 1. The molecule has 14 heavy (non-hydrogen) atoms. The molecule has 0 bridgehead atoms. The lowest BCUT2D eigenvalue weighted by atomic mass is 10.2. The lowest BCUT2D eigenvalue weighted by molar-refractivity contribution is 0.516. The fraction of sp³-hybridized carbons (Fsp3) is 0.250. The molecule has 1 aromatic rings. The molecule has 1 aromatic carbocycles. The Balaban J connectivity index is 2.13. The van der Waals surface area contributed by atoms with Crippen molar-refractivity contribution in [2.75, 3.05) is 17.7 Å². The Morgan fingerprint density at radius 2 is 2.00 bits per heavy atom. The van der Waals surface area contributed by atoms with E-state index in [2.05, 4.69) is 21.9 Å². The van der Waals surface area contributed by atoms with Crippen molar-refractivity contribution < 1.29 is 0 Å². The Kier molecular flexibility index (Phi) is 2.51. The maximum atomic E-state index is 5.70. The van der Waals surface area contributed by atoms with Gasteiger partial charge >= 0.3 is 0 Å². The number of nitrogens with zero attached hydrogens (tertiary/aromatic N) is 1. The molecule has 1 saturated heterocycles. The molecule has 0 spiro atoms. The molecule has 1 heterocycles. The minimum atomic E-state index is -0.00296. The minimum absolute atomic E-state index is 0.00296. The van der Waals surface area contributed by atoms with Crippen LogP contribution in [-0.4, -0.2) is 13.3 Å². The van der Waals surface area contributed by atoms with Gasteiger partial charge in [-0.1, -0.05) is 6.07 Å². The second-order valence-corrected chi connectivity index (χ2v) is 3.15. The van der Waals surface area contributed by atoms with Crippen LogP contribution >= 0.6 is 0 Å². The molecule has 0 amide bonds. The van der Waals surface area contributed by atoms with Crippen molar-refractivity contribution in [3.8, 4) is 0 Å². The van der Waals surface area contributed by atoms with Crippen LogP contribution in [0.4, 0.5) is 11.4 Å². The minimum Gasteiger partial charge on any atom is -0.399 e. The second kappa shape index (κ2) is 3.81. The standard InChI is InChI=1S/C8H14N6/c1-14(8-10-12-13-11-8)7-4-2-3-6(9)5-7/h2-5,8,10-13H,9H2,1H3. The van der Waals surface area contributed by atoms with Crippen molar-refractivity contribution in [1.29, 1.82) is 0 Å². The number of hydrogen-bond donors (Lipinski definition) is 5. The summed E-state index contributed by atoms with van der Waals surface area (Å²) in [5, 5.41) is 0. The van der Waals surface area contributed by atoms with Crippen LogP contribution in [0.2, 0.25) is 0 Å². The van der Waals surface area contributed by atoms with Crippen LogP contribution < -0.4 is 32.6 Å². The number of nitrogen functional groups attached to an aromatic ring is 1. The van der Waals surface area contributed by atoms with Gasteiger partial charge in [0.2, 0.25) is 0 Å². The van der Waals surface area contributed by atoms with E-state index in [0.29, 0.717) is 0 Å². The summed E-state index contributed by atoms with van der Waals surface area (Å²) in [5.41, 5.74) is 19.0. The van der Waals surface area contributed by atoms with Crippen molar-refractivity contribution in [3.63, 3.8) is 0 Å². The predicted molar refractivity (Wildman–Crippen MR) is 55.6 cm³/mol. The van der Waals surface area contributed by atoms with E-state index in [0.717, 1.165) is 11.4 Å². The third-order valence-electron chi connectivity index (χ3n) is 2.15. The molecule has 1 aliphatic heterocycles. The van der Waals surface area contributed by atoms with E-state index >= 15 is 0 Å². The van der Waals surface area contributed by atoms with Gasteiger partial charge in [-0.05, 0) is 18.2 Å². The predicted octanol–water partition coefficient (Wildman–Crippen LogP) is -0.894. The molecule has 6 N–H and O–H groups in total. The summed E-state index contributed by atoms with van der Waals surface area (Å²) in [5.74, 6) is 0. The van der Waals surface area contributed by atoms with Crippen LogP contribution in [0.5, 0.6) is 0 Å². The lowest BCUT2D eigenvalue weighted by Crippen LogP contribution is -2.48. The van der Waals surface area contributed by atoms with Crippen LogP contribution in [0.3, 0.4) is 0 Å². The molecule has 2 rings (SSSR count). The molecule has 0 saturated carbocycles. The largest absolute Gasteiger partial charge is 0.399 e. The first-order chi connectivity index (χ1) is 6.77. The number of benzene rings is 1. The molecule has 1 fully saturated rings. The Morgan fingerprint density at radius 1 is 1.29 bits per heavy atom. The first-order valence-electron chi connectivity index (χ1n) is 4.37. The van der Waals surface area contributed by atoms with Gasteiger partial charge in [0.05, 0.1) is 0 Å². The van der Waals surface area contributed by atoms with Crippen LogP contribution in [0, 0.1) is 0 Å². The fourth-order valence-corrected chi connectivity index (χ4v) is 1.33. The van der Waals surface area contributed by atoms with E-state index in [-0.39, 0.29) is 6.29 Å². The van der Waals surface area contributed by atoms with Gasteiger partial charge < -0.3 is 10.6 Å². The third-order valence-corrected chi connectivity index (χ3v) is 2.15. The zero-order valence-corrected chi connectivity index (χ0v) is 7.91. The highest BCUT2D eigenvalue weighted by atomic mass is 15.9. The summed E-state index contributed by atoms with van der Waals surface area (Å²) >= 11 is 0. The Labute approximate surface area is 82.4 Å². The molecule has 1 aliphatic rings. The molecular weight excluding hydrogens is 180 g/mol. The highest BCUT2D eigenvalue weighted by Crippen LogP contribution is 2.16. The van der Waals surface area contributed by atoms with Crippen LogP contribution in [0.15, 0.2) is 24.3 Å². The number of anilines is 2. The van der Waals surface area contributed by atoms with Crippen molar-refractivity contribution in [2.24, 2.45) is 0 Å². The Bertz CT molecular complexity index is 308. The summed E-state index contributed by atoms with van der Waals surface area (Å²) < 4.78 is 0. The van der Waals surface area contributed by atoms with Gasteiger partial charge in [0, 0.05) is 18.4 Å². The molecule has 0 radical (unpaired) electrons. The molecule has 0 aromatic heterocycles. The maximum Gasteiger partial charge on any atom is 0.162 e. The summed E-state index contributed by atoms with van der Waals surface area (Å²) in [6, 6.07) is 7.71. The summed E-state index contributed by atoms with van der Waals surface area (Å²) in [6.07, 6.45) is -0.00296. The molecule has 76 valence electrons. The molecule has 6 nitrogen and oxygen atoms in total. The zero-order chi connectivity index (χ0) is 9.97. The Hall–Kier alpha value is -1.34. The molecular formula is C8H14N6. The molecule has 0 atom stereocenters. The normalized spacial score (nSPS) is 17.2. The highest BCUT2D eigenvalue weighted by molar-refractivity contribution is 5.55. The van der Waals surface area contributed by atoms with E-state index < -0.39 is 0 Å². The quantitative estimate of drug-likeness (QED) is 0.393. The summed E-state index contributed by atoms with van der Waals surface area (Å²) in [4.78, 5) is 2.02. The number of hydrogen-bond acceptors (Lipinski definition) is 6. The maximum absolute atomic E-state index is 5.70. The van der Waals surface area contributed by atoms with E-state index in [4.69, 9.17) is 5.73 Å². The second-order valence-electron chi connectivity index (χ2n) is 3.15. The smallest absolute Gasteiger partial charge is 0.162 e. The first kappa shape index (κ1) is 9.22. The molecule has 0 unspecified atom stereocenters. The Morgan fingerprint density at radius 3 is 2.64 bits per heavy atom. The topological polar surface area (TPSA) is 77.4 Å². The van der Waals surface area contributed by atoms with Crippen molar-refractivity contribution in [3.05, 3.63) is 24.3 Å². The van der Waals surface area contributed by atoms with Crippen LogP contribution in [0.1, 0.15) is 0 Å². The van der Waals surface area contributed by atoms with Crippen LogP contribution in [0.25, 0.3) is 0 Å². The van der Waals surface area contributed by atoms with Crippen molar-refractivity contribution in [1.82, 2.24) is 21.9 Å². The van der Waals surface area contributed by atoms with Gasteiger partial charge in [0.25, 0.3) is 0 Å². The van der Waals surface area contributed by atoms with Gasteiger partial charge in [-0.2, -0.15) is 11.1 Å². The van der Waals surface area contributed by atoms with Gasteiger partial charge in [0.1, 0.15) is 0 Å².